The molecule has 0 unspecified atom stereocenters. The lowest BCUT2D eigenvalue weighted by molar-refractivity contribution is 0.560. The molecule has 0 saturated carbocycles. The van der Waals surface area contributed by atoms with Crippen LogP contribution in [0, 0.1) is 13.8 Å². The van der Waals surface area contributed by atoms with Crippen molar-refractivity contribution in [1.82, 2.24) is 14.5 Å². The SMILES string of the molecule is Cc1cnn(CCNS(=O)(=O)c2c(C)csc2CN)c1. The third kappa shape index (κ3) is 3.26. The van der Waals surface area contributed by atoms with Gasteiger partial charge in [-0.15, -0.1) is 11.3 Å². The molecular formula is C12H18N4O2S2. The van der Waals surface area contributed by atoms with Gasteiger partial charge in [0, 0.05) is 24.2 Å². The van der Waals surface area contributed by atoms with E-state index in [1.165, 1.54) is 11.3 Å². The lowest BCUT2D eigenvalue weighted by Gasteiger charge is -2.08. The molecule has 2 rings (SSSR count). The van der Waals surface area contributed by atoms with E-state index in [-0.39, 0.29) is 6.54 Å². The highest BCUT2D eigenvalue weighted by molar-refractivity contribution is 7.89. The Morgan fingerprint density at radius 3 is 2.80 bits per heavy atom. The molecule has 0 atom stereocenters. The molecular weight excluding hydrogens is 296 g/mol. The summed E-state index contributed by atoms with van der Waals surface area (Å²) >= 11 is 1.37. The summed E-state index contributed by atoms with van der Waals surface area (Å²) in [6.45, 7) is 4.74. The first kappa shape index (κ1) is 15.2. The third-order valence-corrected chi connectivity index (χ3v) is 5.78. The van der Waals surface area contributed by atoms with Gasteiger partial charge in [0.05, 0.1) is 12.7 Å². The number of sulfonamides is 1. The normalized spacial score (nSPS) is 11.9. The highest BCUT2D eigenvalue weighted by Crippen LogP contribution is 2.26. The Balaban J connectivity index is 2.06. The quantitative estimate of drug-likeness (QED) is 0.832. The second-order valence-corrected chi connectivity index (χ2v) is 7.22. The van der Waals surface area contributed by atoms with Crippen molar-refractivity contribution in [2.75, 3.05) is 6.54 Å². The number of hydrogen-bond donors (Lipinski definition) is 2. The van der Waals surface area contributed by atoms with Crippen LogP contribution >= 0.6 is 11.3 Å². The summed E-state index contributed by atoms with van der Waals surface area (Å²) < 4.78 is 28.9. The summed E-state index contributed by atoms with van der Waals surface area (Å²) in [5.74, 6) is 0. The molecule has 0 aromatic carbocycles. The minimum absolute atomic E-state index is 0.229. The van der Waals surface area contributed by atoms with E-state index >= 15 is 0 Å². The maximum Gasteiger partial charge on any atom is 0.242 e. The first-order valence-electron chi connectivity index (χ1n) is 6.20. The van der Waals surface area contributed by atoms with Gasteiger partial charge in [0.1, 0.15) is 4.90 Å². The first-order chi connectivity index (χ1) is 9.44. The fourth-order valence-corrected chi connectivity index (χ4v) is 4.66. The van der Waals surface area contributed by atoms with E-state index in [1.807, 2.05) is 18.5 Å². The van der Waals surface area contributed by atoms with E-state index in [0.29, 0.717) is 22.9 Å². The van der Waals surface area contributed by atoms with E-state index in [2.05, 4.69) is 9.82 Å². The van der Waals surface area contributed by atoms with Crippen molar-refractivity contribution < 1.29 is 8.42 Å². The van der Waals surface area contributed by atoms with E-state index in [0.717, 1.165) is 11.1 Å². The Labute approximate surface area is 122 Å². The number of rotatable bonds is 6. The zero-order chi connectivity index (χ0) is 14.8. The number of thiophene rings is 1. The Kier molecular flexibility index (Phi) is 4.59. The summed E-state index contributed by atoms with van der Waals surface area (Å²) in [4.78, 5) is 1.01. The van der Waals surface area contributed by atoms with Crippen molar-refractivity contribution in [3.63, 3.8) is 0 Å². The summed E-state index contributed by atoms with van der Waals surface area (Å²) in [5, 5.41) is 5.93. The van der Waals surface area contributed by atoms with Crippen LogP contribution in [0.15, 0.2) is 22.7 Å². The molecule has 110 valence electrons. The largest absolute Gasteiger partial charge is 0.326 e. The monoisotopic (exact) mass is 314 g/mol. The summed E-state index contributed by atoms with van der Waals surface area (Å²) in [5.41, 5.74) is 7.37. The van der Waals surface area contributed by atoms with Crippen LogP contribution in [-0.4, -0.2) is 24.7 Å². The molecule has 0 aliphatic carbocycles. The molecule has 0 amide bonds. The van der Waals surface area contributed by atoms with Crippen molar-refractivity contribution in [3.8, 4) is 0 Å². The van der Waals surface area contributed by atoms with Gasteiger partial charge in [0.25, 0.3) is 0 Å². The molecule has 2 heterocycles. The van der Waals surface area contributed by atoms with Crippen molar-refractivity contribution in [2.24, 2.45) is 5.73 Å². The van der Waals surface area contributed by atoms with E-state index in [1.54, 1.807) is 17.8 Å². The van der Waals surface area contributed by atoms with E-state index in [9.17, 15) is 8.42 Å². The van der Waals surface area contributed by atoms with Crippen molar-refractivity contribution in [1.29, 1.82) is 0 Å². The third-order valence-electron chi connectivity index (χ3n) is 2.84. The molecule has 0 aliphatic rings. The van der Waals surface area contributed by atoms with E-state index < -0.39 is 10.0 Å². The van der Waals surface area contributed by atoms with Crippen LogP contribution in [0.1, 0.15) is 16.0 Å². The fraction of sp³-hybridized carbons (Fsp3) is 0.417. The molecule has 0 radical (unpaired) electrons. The summed E-state index contributed by atoms with van der Waals surface area (Å²) in [6, 6.07) is 0. The molecule has 0 spiro atoms. The predicted octanol–water partition coefficient (Wildman–Crippen LogP) is 0.999. The number of hydrogen-bond acceptors (Lipinski definition) is 5. The van der Waals surface area contributed by atoms with Crippen LogP contribution in [0.4, 0.5) is 0 Å². The van der Waals surface area contributed by atoms with Gasteiger partial charge in [0.15, 0.2) is 0 Å². The fourth-order valence-electron chi connectivity index (χ4n) is 1.95. The maximum absolute atomic E-state index is 12.3. The molecule has 0 saturated heterocycles. The van der Waals surface area contributed by atoms with Gasteiger partial charge in [0.2, 0.25) is 10.0 Å². The summed E-state index contributed by atoms with van der Waals surface area (Å²) in [7, 11) is -3.51. The second kappa shape index (κ2) is 6.04. The minimum atomic E-state index is -3.51. The van der Waals surface area contributed by atoms with Crippen LogP contribution in [0.2, 0.25) is 0 Å². The second-order valence-electron chi connectivity index (χ2n) is 4.55. The van der Waals surface area contributed by atoms with E-state index in [4.69, 9.17) is 5.73 Å². The smallest absolute Gasteiger partial charge is 0.242 e. The van der Waals surface area contributed by atoms with Crippen molar-refractivity contribution in [3.05, 3.63) is 33.8 Å². The van der Waals surface area contributed by atoms with Crippen molar-refractivity contribution >= 4 is 21.4 Å². The van der Waals surface area contributed by atoms with Gasteiger partial charge in [-0.2, -0.15) is 5.10 Å². The molecule has 6 nitrogen and oxygen atoms in total. The first-order valence-corrected chi connectivity index (χ1v) is 8.56. The van der Waals surface area contributed by atoms with Crippen LogP contribution in [0.3, 0.4) is 0 Å². The van der Waals surface area contributed by atoms with Gasteiger partial charge in [-0.25, -0.2) is 13.1 Å². The van der Waals surface area contributed by atoms with Crippen molar-refractivity contribution in [2.45, 2.75) is 31.8 Å². The summed E-state index contributed by atoms with van der Waals surface area (Å²) in [6.07, 6.45) is 3.61. The molecule has 20 heavy (non-hydrogen) atoms. The van der Waals surface area contributed by atoms with Crippen LogP contribution in [0.25, 0.3) is 0 Å². The predicted molar refractivity (Wildman–Crippen MR) is 79.1 cm³/mol. The molecule has 0 fully saturated rings. The topological polar surface area (TPSA) is 90.0 Å². The Morgan fingerprint density at radius 1 is 1.45 bits per heavy atom. The average molecular weight is 314 g/mol. The van der Waals surface area contributed by atoms with Gasteiger partial charge in [-0.1, -0.05) is 0 Å². The van der Waals surface area contributed by atoms with Crippen LogP contribution < -0.4 is 10.5 Å². The van der Waals surface area contributed by atoms with Gasteiger partial charge in [-0.3, -0.25) is 4.68 Å². The Morgan fingerprint density at radius 2 is 2.20 bits per heavy atom. The van der Waals surface area contributed by atoms with Crippen LogP contribution in [0.5, 0.6) is 0 Å². The lowest BCUT2D eigenvalue weighted by Crippen LogP contribution is -2.28. The number of nitrogens with zero attached hydrogens (tertiary/aromatic N) is 2. The molecule has 2 aromatic heterocycles. The number of nitrogens with one attached hydrogen (secondary N) is 1. The number of nitrogens with two attached hydrogens (primary N) is 1. The highest BCUT2D eigenvalue weighted by atomic mass is 32.2. The maximum atomic E-state index is 12.3. The van der Waals surface area contributed by atoms with Gasteiger partial charge >= 0.3 is 0 Å². The zero-order valence-corrected chi connectivity index (χ0v) is 13.1. The number of aromatic nitrogens is 2. The number of aryl methyl sites for hydroxylation is 2. The van der Waals surface area contributed by atoms with Crippen LogP contribution in [-0.2, 0) is 23.1 Å². The highest BCUT2D eigenvalue weighted by Gasteiger charge is 2.21. The molecule has 3 N–H and O–H groups in total. The Bertz CT molecular complexity index is 688. The standard InChI is InChI=1S/C12H18N4O2S2/c1-9-6-14-16(7-9)4-3-15-20(17,18)12-10(2)8-19-11(12)5-13/h6-8,15H,3-5,13H2,1-2H3. The zero-order valence-electron chi connectivity index (χ0n) is 11.5. The molecule has 0 aliphatic heterocycles. The minimum Gasteiger partial charge on any atom is -0.326 e. The van der Waals surface area contributed by atoms with Gasteiger partial charge < -0.3 is 5.73 Å². The Hall–Kier alpha value is -1.22. The van der Waals surface area contributed by atoms with Gasteiger partial charge in [-0.05, 0) is 30.4 Å². The average Bonchev–Trinajstić information content (AvgIpc) is 2.95. The molecule has 2 aromatic rings. The molecule has 8 heteroatoms. The molecule has 0 bridgehead atoms. The lowest BCUT2D eigenvalue weighted by atomic mass is 10.3.